The van der Waals surface area contributed by atoms with Crippen LogP contribution in [0.25, 0.3) is 10.8 Å². The van der Waals surface area contributed by atoms with Crippen molar-refractivity contribution in [3.05, 3.63) is 41.5 Å². The first kappa shape index (κ1) is 25.4. The molecule has 0 aromatic heterocycles. The largest absolute Gasteiger partial charge is 0.385 e. The number of carbonyl (C=O) groups excluding carboxylic acids is 4. The van der Waals surface area contributed by atoms with E-state index in [0.717, 1.165) is 59.3 Å². The Balaban J connectivity index is 1.76. The fourth-order valence-electron chi connectivity index (χ4n) is 4.47. The average Bonchev–Trinajstić information content (AvgIpc) is 2.82. The summed E-state index contributed by atoms with van der Waals surface area (Å²) in [7, 11) is 0. The summed E-state index contributed by atoms with van der Waals surface area (Å²) in [6, 6.07) is 8.36. The molecule has 1 aliphatic rings. The molecule has 2 aromatic carbocycles. The van der Waals surface area contributed by atoms with E-state index in [1.54, 1.807) is 6.07 Å². The van der Waals surface area contributed by atoms with E-state index in [-0.39, 0.29) is 12.8 Å². The molecule has 1 aliphatic heterocycles. The summed E-state index contributed by atoms with van der Waals surface area (Å²) in [5.41, 5.74) is 7.72. The Morgan fingerprint density at radius 3 is 2.56 bits per heavy atom. The second kappa shape index (κ2) is 12.3. The van der Waals surface area contributed by atoms with Gasteiger partial charge in [-0.2, -0.15) is 0 Å². The summed E-state index contributed by atoms with van der Waals surface area (Å²) >= 11 is 0. The zero-order chi connectivity index (χ0) is 24.5. The second-order valence-electron chi connectivity index (χ2n) is 8.78. The minimum atomic E-state index is -0.996. The van der Waals surface area contributed by atoms with Gasteiger partial charge in [-0.3, -0.25) is 29.4 Å². The highest BCUT2D eigenvalue weighted by Gasteiger charge is 2.35. The molecule has 0 radical (unpaired) electrons. The van der Waals surface area contributed by atoms with Gasteiger partial charge in [-0.1, -0.05) is 43.9 Å². The number of imide groups is 2. The number of nitrogens with one attached hydrogen (secondary N) is 2. The van der Waals surface area contributed by atoms with Crippen molar-refractivity contribution >= 4 is 40.6 Å². The number of amides is 4. The van der Waals surface area contributed by atoms with Crippen LogP contribution in [0.4, 0.5) is 5.69 Å². The van der Waals surface area contributed by atoms with Crippen LogP contribution in [-0.2, 0) is 14.4 Å². The lowest BCUT2D eigenvalue weighted by Gasteiger charge is -2.29. The van der Waals surface area contributed by atoms with E-state index in [4.69, 9.17) is 5.73 Å². The lowest BCUT2D eigenvalue weighted by atomic mass is 9.96. The molecule has 1 saturated heterocycles. The Morgan fingerprint density at radius 2 is 1.85 bits per heavy atom. The van der Waals surface area contributed by atoms with Crippen LogP contribution < -0.4 is 16.4 Å². The smallest absolute Gasteiger partial charge is 0.261 e. The van der Waals surface area contributed by atoms with Gasteiger partial charge in [-0.25, -0.2) is 0 Å². The van der Waals surface area contributed by atoms with Gasteiger partial charge < -0.3 is 11.1 Å². The van der Waals surface area contributed by atoms with Crippen molar-refractivity contribution in [3.63, 3.8) is 0 Å². The maximum Gasteiger partial charge on any atom is 0.261 e. The lowest BCUT2D eigenvalue weighted by molar-refractivity contribution is -0.139. The average molecular weight is 467 g/mol. The normalized spacial score (nSPS) is 15.8. The van der Waals surface area contributed by atoms with E-state index in [2.05, 4.69) is 10.6 Å². The number of hydrogen-bond donors (Lipinski definition) is 3. The molecule has 1 fully saturated rings. The minimum absolute atomic E-state index is 0.0870. The quantitative estimate of drug-likeness (QED) is 0.251. The highest BCUT2D eigenvalue weighted by atomic mass is 16.2. The van der Waals surface area contributed by atoms with E-state index in [0.29, 0.717) is 12.0 Å². The van der Waals surface area contributed by atoms with E-state index < -0.39 is 23.8 Å². The van der Waals surface area contributed by atoms with Crippen molar-refractivity contribution in [1.29, 1.82) is 0 Å². The van der Waals surface area contributed by atoms with Crippen LogP contribution in [0, 0.1) is 6.92 Å². The number of anilines is 1. The van der Waals surface area contributed by atoms with E-state index in [1.165, 1.54) is 19.3 Å². The standard InChI is InChI=1S/C26H34N4O4/c1-18-9-8-10-19-21(28-16-7-5-3-2-4-6-15-27)12-11-20(24(18)19)26(34)30(17-31)22-13-14-23(32)29-25(22)33/h8-12,17,22,28H,2-7,13-16,27H2,1H3,(H,29,32,33). The Bertz CT molecular complexity index is 1050. The van der Waals surface area contributed by atoms with Crippen LogP contribution in [-0.4, -0.2) is 48.2 Å². The predicted octanol–water partition coefficient (Wildman–Crippen LogP) is 3.26. The Morgan fingerprint density at radius 1 is 1.12 bits per heavy atom. The third-order valence-corrected chi connectivity index (χ3v) is 6.32. The molecule has 0 saturated carbocycles. The van der Waals surface area contributed by atoms with Crippen molar-refractivity contribution in [2.24, 2.45) is 5.73 Å². The van der Waals surface area contributed by atoms with Crippen LogP contribution >= 0.6 is 0 Å². The van der Waals surface area contributed by atoms with Crippen molar-refractivity contribution in [2.75, 3.05) is 18.4 Å². The SMILES string of the molecule is Cc1cccc2c(NCCCCCCCCN)ccc(C(=O)N(C=O)C3CCC(=O)NC3=O)c12. The molecule has 1 heterocycles. The van der Waals surface area contributed by atoms with Gasteiger partial charge in [0.15, 0.2) is 0 Å². The maximum atomic E-state index is 13.4. The molecule has 0 aliphatic carbocycles. The van der Waals surface area contributed by atoms with Crippen molar-refractivity contribution < 1.29 is 19.2 Å². The molecular formula is C26H34N4O4. The molecule has 4 N–H and O–H groups in total. The van der Waals surface area contributed by atoms with Gasteiger partial charge in [0.2, 0.25) is 18.2 Å². The topological polar surface area (TPSA) is 122 Å². The van der Waals surface area contributed by atoms with E-state index in [1.807, 2.05) is 31.2 Å². The Labute approximate surface area is 200 Å². The van der Waals surface area contributed by atoms with Crippen molar-refractivity contribution in [3.8, 4) is 0 Å². The number of fused-ring (bicyclic) bond motifs is 1. The van der Waals surface area contributed by atoms with Crippen LogP contribution in [0.2, 0.25) is 0 Å². The van der Waals surface area contributed by atoms with Gasteiger partial charge >= 0.3 is 0 Å². The molecule has 0 bridgehead atoms. The van der Waals surface area contributed by atoms with E-state index >= 15 is 0 Å². The van der Waals surface area contributed by atoms with E-state index in [9.17, 15) is 19.2 Å². The molecule has 4 amide bonds. The number of carbonyl (C=O) groups is 4. The summed E-state index contributed by atoms with van der Waals surface area (Å²) in [5, 5.41) is 7.34. The second-order valence-corrected chi connectivity index (χ2v) is 8.78. The number of piperidine rings is 1. The summed E-state index contributed by atoms with van der Waals surface area (Å²) in [6.45, 7) is 3.50. The number of benzene rings is 2. The summed E-state index contributed by atoms with van der Waals surface area (Å²) < 4.78 is 0. The Kier molecular flexibility index (Phi) is 9.16. The molecule has 1 unspecified atom stereocenters. The van der Waals surface area contributed by atoms with Crippen LogP contribution in [0.3, 0.4) is 0 Å². The summed E-state index contributed by atoms with van der Waals surface area (Å²) in [4.78, 5) is 49.9. The van der Waals surface area contributed by atoms with Gasteiger partial charge in [0.05, 0.1) is 0 Å². The highest BCUT2D eigenvalue weighted by Crippen LogP contribution is 2.31. The molecule has 34 heavy (non-hydrogen) atoms. The summed E-state index contributed by atoms with van der Waals surface area (Å²) in [6.07, 6.45) is 7.44. The molecule has 1 atom stereocenters. The third-order valence-electron chi connectivity index (χ3n) is 6.32. The van der Waals surface area contributed by atoms with Crippen LogP contribution in [0.5, 0.6) is 0 Å². The van der Waals surface area contributed by atoms with Gasteiger partial charge in [-0.05, 0) is 55.8 Å². The molecule has 3 rings (SSSR count). The maximum absolute atomic E-state index is 13.4. The fraction of sp³-hybridized carbons (Fsp3) is 0.462. The van der Waals surface area contributed by atoms with Gasteiger partial charge in [0, 0.05) is 29.6 Å². The zero-order valence-corrected chi connectivity index (χ0v) is 19.8. The number of nitrogens with zero attached hydrogens (tertiary/aromatic N) is 1. The van der Waals surface area contributed by atoms with Crippen LogP contribution in [0.15, 0.2) is 30.3 Å². The summed E-state index contributed by atoms with van der Waals surface area (Å²) in [5.74, 6) is -1.57. The zero-order valence-electron chi connectivity index (χ0n) is 19.8. The monoisotopic (exact) mass is 466 g/mol. The molecule has 8 heteroatoms. The van der Waals surface area contributed by atoms with Gasteiger partial charge in [0.1, 0.15) is 6.04 Å². The number of hydrogen-bond acceptors (Lipinski definition) is 6. The first-order valence-corrected chi connectivity index (χ1v) is 12.1. The number of rotatable bonds is 12. The lowest BCUT2D eigenvalue weighted by Crippen LogP contribution is -2.53. The number of aryl methyl sites for hydroxylation is 1. The molecule has 0 spiro atoms. The molecule has 8 nitrogen and oxygen atoms in total. The first-order valence-electron chi connectivity index (χ1n) is 12.1. The Hall–Kier alpha value is -3.26. The molecular weight excluding hydrogens is 432 g/mol. The molecule has 182 valence electrons. The van der Waals surface area contributed by atoms with Crippen LogP contribution in [0.1, 0.15) is 67.3 Å². The van der Waals surface area contributed by atoms with Crippen molar-refractivity contribution in [1.82, 2.24) is 10.2 Å². The number of unbranched alkanes of at least 4 members (excludes halogenated alkanes) is 5. The minimum Gasteiger partial charge on any atom is -0.385 e. The molecule has 2 aromatic rings. The fourth-order valence-corrected chi connectivity index (χ4v) is 4.47. The highest BCUT2D eigenvalue weighted by molar-refractivity contribution is 6.15. The predicted molar refractivity (Wildman–Crippen MR) is 132 cm³/mol. The van der Waals surface area contributed by atoms with Gasteiger partial charge in [0.25, 0.3) is 5.91 Å². The first-order chi connectivity index (χ1) is 16.5. The third kappa shape index (κ3) is 5.99. The van der Waals surface area contributed by atoms with Crippen molar-refractivity contribution in [2.45, 2.75) is 64.3 Å². The number of nitrogens with two attached hydrogens (primary N) is 1. The van der Waals surface area contributed by atoms with Gasteiger partial charge in [-0.15, -0.1) is 0 Å².